The first-order valence-electron chi connectivity index (χ1n) is 4.61. The molecule has 1 aromatic heterocycles. The maximum atomic E-state index is 9.14. The fourth-order valence-corrected chi connectivity index (χ4v) is 1.60. The van der Waals surface area contributed by atoms with Gasteiger partial charge in [0.2, 0.25) is 0 Å². The summed E-state index contributed by atoms with van der Waals surface area (Å²) in [7, 11) is 0. The SMILES string of the molecule is CSc1nc(Cl)cc(NC(C)(CO)CO)n1. The number of rotatable bonds is 5. The lowest BCUT2D eigenvalue weighted by Gasteiger charge is -2.26. The number of nitrogens with zero attached hydrogens (tertiary/aromatic N) is 2. The molecule has 90 valence electrons. The van der Waals surface area contributed by atoms with Gasteiger partial charge in [-0.05, 0) is 13.2 Å². The van der Waals surface area contributed by atoms with Gasteiger partial charge in [0.1, 0.15) is 11.0 Å². The predicted octanol–water partition coefficient (Wildman–Crippen LogP) is 1.01. The normalized spacial score (nSPS) is 11.6. The zero-order chi connectivity index (χ0) is 12.2. The molecule has 0 amide bonds. The predicted molar refractivity (Wildman–Crippen MR) is 65.0 cm³/mol. The van der Waals surface area contributed by atoms with E-state index < -0.39 is 5.54 Å². The van der Waals surface area contributed by atoms with Gasteiger partial charge in [0.25, 0.3) is 0 Å². The van der Waals surface area contributed by atoms with E-state index in [4.69, 9.17) is 21.8 Å². The number of aliphatic hydroxyl groups excluding tert-OH is 2. The molecule has 0 aliphatic carbocycles. The quantitative estimate of drug-likeness (QED) is 0.418. The van der Waals surface area contributed by atoms with Crippen molar-refractivity contribution in [3.63, 3.8) is 0 Å². The summed E-state index contributed by atoms with van der Waals surface area (Å²) in [5, 5.41) is 22.1. The highest BCUT2D eigenvalue weighted by Crippen LogP contribution is 2.19. The Morgan fingerprint density at radius 3 is 2.56 bits per heavy atom. The van der Waals surface area contributed by atoms with Gasteiger partial charge in [0.15, 0.2) is 5.16 Å². The van der Waals surface area contributed by atoms with Gasteiger partial charge in [-0.3, -0.25) is 0 Å². The second-order valence-electron chi connectivity index (χ2n) is 3.56. The molecule has 0 saturated heterocycles. The second-order valence-corrected chi connectivity index (χ2v) is 4.73. The van der Waals surface area contributed by atoms with Crippen molar-refractivity contribution in [2.24, 2.45) is 0 Å². The number of halogens is 1. The first-order chi connectivity index (χ1) is 7.53. The van der Waals surface area contributed by atoms with Gasteiger partial charge in [-0.2, -0.15) is 0 Å². The summed E-state index contributed by atoms with van der Waals surface area (Å²) in [6, 6.07) is 1.55. The number of anilines is 1. The number of nitrogens with one attached hydrogen (secondary N) is 1. The average Bonchev–Trinajstić information content (AvgIpc) is 2.28. The molecule has 0 aliphatic rings. The van der Waals surface area contributed by atoms with E-state index in [1.54, 1.807) is 13.0 Å². The number of aliphatic hydroxyl groups is 2. The van der Waals surface area contributed by atoms with Crippen LogP contribution in [0.1, 0.15) is 6.92 Å². The average molecular weight is 264 g/mol. The van der Waals surface area contributed by atoms with Gasteiger partial charge in [-0.1, -0.05) is 23.4 Å². The molecule has 0 unspecified atom stereocenters. The topological polar surface area (TPSA) is 78.3 Å². The molecule has 1 rings (SSSR count). The lowest BCUT2D eigenvalue weighted by atomic mass is 10.1. The minimum atomic E-state index is -0.826. The Balaban J connectivity index is 2.92. The van der Waals surface area contributed by atoms with Crippen molar-refractivity contribution in [2.75, 3.05) is 24.8 Å². The van der Waals surface area contributed by atoms with Crippen LogP contribution in [-0.2, 0) is 0 Å². The molecular formula is C9H14ClN3O2S. The van der Waals surface area contributed by atoms with Crippen molar-refractivity contribution in [1.82, 2.24) is 9.97 Å². The van der Waals surface area contributed by atoms with Crippen LogP contribution in [0.15, 0.2) is 11.2 Å². The largest absolute Gasteiger partial charge is 0.394 e. The fourth-order valence-electron chi connectivity index (χ4n) is 0.990. The Morgan fingerprint density at radius 2 is 2.06 bits per heavy atom. The summed E-state index contributed by atoms with van der Waals surface area (Å²) < 4.78 is 0. The maximum absolute atomic E-state index is 9.14. The van der Waals surface area contributed by atoms with Gasteiger partial charge in [-0.25, -0.2) is 9.97 Å². The molecule has 0 atom stereocenters. The third-order valence-corrected chi connectivity index (χ3v) is 2.73. The first-order valence-corrected chi connectivity index (χ1v) is 6.22. The van der Waals surface area contributed by atoms with E-state index in [1.807, 2.05) is 6.26 Å². The molecule has 1 aromatic rings. The monoisotopic (exact) mass is 263 g/mol. The Labute approximate surface area is 103 Å². The molecule has 7 heteroatoms. The number of aromatic nitrogens is 2. The summed E-state index contributed by atoms with van der Waals surface area (Å²) in [4.78, 5) is 8.15. The summed E-state index contributed by atoms with van der Waals surface area (Å²) in [5.74, 6) is 0.481. The minimum absolute atomic E-state index is 0.209. The Kier molecular flexibility index (Phi) is 4.79. The van der Waals surface area contributed by atoms with Crippen LogP contribution in [-0.4, -0.2) is 45.2 Å². The van der Waals surface area contributed by atoms with Crippen LogP contribution in [0.5, 0.6) is 0 Å². The summed E-state index contributed by atoms with van der Waals surface area (Å²) in [6.07, 6.45) is 1.84. The molecular weight excluding hydrogens is 250 g/mol. The molecule has 3 N–H and O–H groups in total. The van der Waals surface area contributed by atoms with E-state index in [0.717, 1.165) is 0 Å². The Morgan fingerprint density at radius 1 is 1.44 bits per heavy atom. The van der Waals surface area contributed by atoms with Crippen LogP contribution in [0.2, 0.25) is 5.15 Å². The van der Waals surface area contributed by atoms with Crippen LogP contribution < -0.4 is 5.32 Å². The van der Waals surface area contributed by atoms with Crippen LogP contribution in [0.3, 0.4) is 0 Å². The van der Waals surface area contributed by atoms with E-state index >= 15 is 0 Å². The molecule has 0 aliphatic heterocycles. The van der Waals surface area contributed by atoms with Crippen LogP contribution in [0, 0.1) is 0 Å². The molecule has 0 radical (unpaired) electrons. The molecule has 1 heterocycles. The molecule has 5 nitrogen and oxygen atoms in total. The van der Waals surface area contributed by atoms with Crippen LogP contribution >= 0.6 is 23.4 Å². The summed E-state index contributed by atoms with van der Waals surface area (Å²) >= 11 is 7.18. The summed E-state index contributed by atoms with van der Waals surface area (Å²) in [6.45, 7) is 1.27. The molecule has 0 saturated carbocycles. The van der Waals surface area contributed by atoms with Crippen molar-refractivity contribution < 1.29 is 10.2 Å². The van der Waals surface area contributed by atoms with Crippen molar-refractivity contribution >= 4 is 29.2 Å². The lowest BCUT2D eigenvalue weighted by Crippen LogP contribution is -2.42. The Hall–Kier alpha value is -0.560. The van der Waals surface area contributed by atoms with Crippen molar-refractivity contribution in [2.45, 2.75) is 17.6 Å². The third kappa shape index (κ3) is 3.48. The van der Waals surface area contributed by atoms with Gasteiger partial charge >= 0.3 is 0 Å². The molecule has 16 heavy (non-hydrogen) atoms. The second kappa shape index (κ2) is 5.67. The molecule has 0 fully saturated rings. The van der Waals surface area contributed by atoms with Crippen molar-refractivity contribution in [3.05, 3.63) is 11.2 Å². The molecule has 0 spiro atoms. The first kappa shape index (κ1) is 13.5. The van der Waals surface area contributed by atoms with E-state index in [-0.39, 0.29) is 13.2 Å². The number of thioether (sulfide) groups is 1. The number of hydrogen-bond acceptors (Lipinski definition) is 6. The van der Waals surface area contributed by atoms with E-state index in [9.17, 15) is 0 Å². The maximum Gasteiger partial charge on any atom is 0.190 e. The van der Waals surface area contributed by atoms with Crippen molar-refractivity contribution in [3.8, 4) is 0 Å². The van der Waals surface area contributed by atoms with E-state index in [1.165, 1.54) is 11.8 Å². The van der Waals surface area contributed by atoms with Gasteiger partial charge in [0, 0.05) is 6.07 Å². The highest BCUT2D eigenvalue weighted by atomic mass is 35.5. The molecule has 0 aromatic carbocycles. The van der Waals surface area contributed by atoms with Crippen LogP contribution in [0.25, 0.3) is 0 Å². The van der Waals surface area contributed by atoms with Crippen molar-refractivity contribution in [1.29, 1.82) is 0 Å². The van der Waals surface area contributed by atoms with Gasteiger partial charge in [-0.15, -0.1) is 0 Å². The van der Waals surface area contributed by atoms with Gasteiger partial charge < -0.3 is 15.5 Å². The fraction of sp³-hybridized carbons (Fsp3) is 0.556. The lowest BCUT2D eigenvalue weighted by molar-refractivity contribution is 0.147. The Bertz CT molecular complexity index is 361. The smallest absolute Gasteiger partial charge is 0.190 e. The highest BCUT2D eigenvalue weighted by Gasteiger charge is 2.22. The summed E-state index contributed by atoms with van der Waals surface area (Å²) in [5.41, 5.74) is -0.826. The molecule has 0 bridgehead atoms. The zero-order valence-corrected chi connectivity index (χ0v) is 10.6. The highest BCUT2D eigenvalue weighted by molar-refractivity contribution is 7.98. The zero-order valence-electron chi connectivity index (χ0n) is 9.07. The van der Waals surface area contributed by atoms with Crippen LogP contribution in [0.4, 0.5) is 5.82 Å². The number of hydrogen-bond donors (Lipinski definition) is 3. The van der Waals surface area contributed by atoms with Gasteiger partial charge in [0.05, 0.1) is 18.8 Å². The van der Waals surface area contributed by atoms with E-state index in [0.29, 0.717) is 16.1 Å². The third-order valence-electron chi connectivity index (χ3n) is 1.98. The standard InChI is InChI=1S/C9H14ClN3O2S/c1-9(4-14,5-15)13-7-3-6(10)11-8(12-7)16-2/h3,14-15H,4-5H2,1-2H3,(H,11,12,13). The van der Waals surface area contributed by atoms with E-state index in [2.05, 4.69) is 15.3 Å². The minimum Gasteiger partial charge on any atom is -0.394 e.